The third kappa shape index (κ3) is 2.76. The third-order valence-corrected chi connectivity index (χ3v) is 4.52. The lowest BCUT2D eigenvalue weighted by atomic mass is 10.2. The second-order valence-corrected chi connectivity index (χ2v) is 6.39. The van der Waals surface area contributed by atoms with Crippen molar-refractivity contribution in [3.63, 3.8) is 0 Å². The Kier molecular flexibility index (Phi) is 3.20. The van der Waals surface area contributed by atoms with Gasteiger partial charge in [0, 0.05) is 12.1 Å². The van der Waals surface area contributed by atoms with Crippen molar-refractivity contribution >= 4 is 21.2 Å². The lowest BCUT2D eigenvalue weighted by Gasteiger charge is -2.12. The average molecular weight is 274 g/mol. The van der Waals surface area contributed by atoms with Gasteiger partial charge >= 0.3 is 0 Å². The highest BCUT2D eigenvalue weighted by molar-refractivity contribution is 7.91. The minimum absolute atomic E-state index is 0.0383. The number of nitrogens with one attached hydrogen (secondary N) is 1. The van der Waals surface area contributed by atoms with Gasteiger partial charge in [0.25, 0.3) is 5.69 Å². The van der Waals surface area contributed by atoms with E-state index in [1.165, 1.54) is 12.1 Å². The van der Waals surface area contributed by atoms with Crippen LogP contribution in [-0.4, -0.2) is 30.9 Å². The first-order chi connectivity index (χ1) is 8.37. The van der Waals surface area contributed by atoms with Gasteiger partial charge in [-0.25, -0.2) is 12.8 Å². The fourth-order valence-electron chi connectivity index (χ4n) is 1.86. The van der Waals surface area contributed by atoms with Crippen molar-refractivity contribution in [3.8, 4) is 0 Å². The molecule has 0 bridgehead atoms. The lowest BCUT2D eigenvalue weighted by molar-refractivity contribution is -0.385. The molecule has 2 rings (SSSR count). The van der Waals surface area contributed by atoms with Gasteiger partial charge in [0.15, 0.2) is 15.7 Å². The zero-order valence-electron chi connectivity index (χ0n) is 9.30. The molecular formula is C10H11FN2O4S. The van der Waals surface area contributed by atoms with E-state index >= 15 is 0 Å². The molecule has 1 aliphatic rings. The van der Waals surface area contributed by atoms with Crippen molar-refractivity contribution in [3.05, 3.63) is 34.1 Å². The quantitative estimate of drug-likeness (QED) is 0.663. The Bertz CT molecular complexity index is 588. The molecule has 1 fully saturated rings. The predicted octanol–water partition coefficient (Wildman–Crippen LogP) is 1.33. The first-order valence-corrected chi connectivity index (χ1v) is 7.10. The molecule has 1 heterocycles. The van der Waals surface area contributed by atoms with Crippen molar-refractivity contribution < 1.29 is 17.7 Å². The van der Waals surface area contributed by atoms with Crippen molar-refractivity contribution in [1.29, 1.82) is 0 Å². The normalized spacial score (nSPS) is 21.7. The first-order valence-electron chi connectivity index (χ1n) is 5.28. The maximum Gasteiger partial charge on any atom is 0.272 e. The van der Waals surface area contributed by atoms with Crippen LogP contribution in [0.1, 0.15) is 6.42 Å². The molecule has 98 valence electrons. The number of sulfone groups is 1. The Balaban J connectivity index is 2.13. The molecule has 1 N–H and O–H groups in total. The highest BCUT2D eigenvalue weighted by Crippen LogP contribution is 2.23. The van der Waals surface area contributed by atoms with Crippen LogP contribution in [0, 0.1) is 15.9 Å². The van der Waals surface area contributed by atoms with Gasteiger partial charge in [-0.05, 0) is 12.5 Å². The summed E-state index contributed by atoms with van der Waals surface area (Å²) in [5, 5.41) is 13.2. The van der Waals surface area contributed by atoms with Crippen molar-refractivity contribution in [2.45, 2.75) is 12.5 Å². The Morgan fingerprint density at radius 3 is 2.67 bits per heavy atom. The number of halogens is 1. The number of anilines is 1. The average Bonchev–Trinajstić information content (AvgIpc) is 2.61. The number of nitro groups is 1. The highest BCUT2D eigenvalue weighted by Gasteiger charge is 2.28. The molecule has 1 aromatic carbocycles. The van der Waals surface area contributed by atoms with Crippen molar-refractivity contribution in [2.24, 2.45) is 0 Å². The van der Waals surface area contributed by atoms with Crippen LogP contribution in [0.3, 0.4) is 0 Å². The van der Waals surface area contributed by atoms with Gasteiger partial charge in [0.1, 0.15) is 0 Å². The molecule has 0 saturated carbocycles. The zero-order chi connectivity index (χ0) is 13.3. The molecule has 0 spiro atoms. The number of hydrogen-bond donors (Lipinski definition) is 1. The zero-order valence-corrected chi connectivity index (χ0v) is 10.1. The molecule has 1 saturated heterocycles. The van der Waals surface area contributed by atoms with E-state index in [4.69, 9.17) is 0 Å². The molecule has 0 aliphatic carbocycles. The summed E-state index contributed by atoms with van der Waals surface area (Å²) in [7, 11) is -3.04. The first kappa shape index (κ1) is 12.7. The number of benzene rings is 1. The summed E-state index contributed by atoms with van der Waals surface area (Å²) in [5.41, 5.74) is -0.250. The summed E-state index contributed by atoms with van der Waals surface area (Å²) < 4.78 is 36.0. The van der Waals surface area contributed by atoms with Crippen LogP contribution in [0.25, 0.3) is 0 Å². The Morgan fingerprint density at radius 2 is 2.17 bits per heavy atom. The maximum absolute atomic E-state index is 13.5. The molecule has 8 heteroatoms. The summed E-state index contributed by atoms with van der Waals surface area (Å²) >= 11 is 0. The summed E-state index contributed by atoms with van der Waals surface area (Å²) in [6.07, 6.45) is 0.415. The monoisotopic (exact) mass is 274 g/mol. The predicted molar refractivity (Wildman–Crippen MR) is 63.7 cm³/mol. The summed E-state index contributed by atoms with van der Waals surface area (Å²) in [5.74, 6) is -0.712. The summed E-state index contributed by atoms with van der Waals surface area (Å²) in [4.78, 5) is 9.75. The molecule has 6 nitrogen and oxygen atoms in total. The molecule has 0 amide bonds. The number of non-ortho nitro benzene ring substituents is 1. The fourth-order valence-corrected chi connectivity index (χ4v) is 3.54. The third-order valence-electron chi connectivity index (χ3n) is 2.76. The van der Waals surface area contributed by atoms with Gasteiger partial charge in [-0.3, -0.25) is 10.1 Å². The topological polar surface area (TPSA) is 89.3 Å². The minimum Gasteiger partial charge on any atom is -0.379 e. The van der Waals surface area contributed by atoms with Crippen LogP contribution < -0.4 is 5.32 Å². The SMILES string of the molecule is O=[N+]([O-])c1ccc(NC2CCS(=O)(=O)C2)c(F)c1. The van der Waals surface area contributed by atoms with Crippen LogP contribution in [0.5, 0.6) is 0 Å². The van der Waals surface area contributed by atoms with Crippen molar-refractivity contribution in [2.75, 3.05) is 16.8 Å². The molecule has 1 atom stereocenters. The second kappa shape index (κ2) is 4.52. The minimum atomic E-state index is -3.04. The summed E-state index contributed by atoms with van der Waals surface area (Å²) in [6, 6.07) is 2.89. The Hall–Kier alpha value is -1.70. The molecule has 1 unspecified atom stereocenters. The second-order valence-electron chi connectivity index (χ2n) is 4.17. The van der Waals surface area contributed by atoms with Gasteiger partial charge < -0.3 is 5.32 Å². The number of nitro benzene ring substituents is 1. The van der Waals surface area contributed by atoms with E-state index in [1.54, 1.807) is 0 Å². The molecule has 1 aliphatic heterocycles. The number of hydrogen-bond acceptors (Lipinski definition) is 5. The fraction of sp³-hybridized carbons (Fsp3) is 0.400. The van der Waals surface area contributed by atoms with E-state index in [2.05, 4.69) is 5.32 Å². The van der Waals surface area contributed by atoms with Gasteiger partial charge in [-0.15, -0.1) is 0 Å². The molecular weight excluding hydrogens is 263 g/mol. The van der Waals surface area contributed by atoms with Gasteiger partial charge in [-0.1, -0.05) is 0 Å². The Labute approximate surface area is 103 Å². The van der Waals surface area contributed by atoms with Gasteiger partial charge in [-0.2, -0.15) is 0 Å². The van der Waals surface area contributed by atoms with Gasteiger partial charge in [0.05, 0.1) is 28.2 Å². The summed E-state index contributed by atoms with van der Waals surface area (Å²) in [6.45, 7) is 0. The lowest BCUT2D eigenvalue weighted by Crippen LogP contribution is -2.21. The van der Waals surface area contributed by atoms with Crippen LogP contribution in [-0.2, 0) is 9.84 Å². The van der Waals surface area contributed by atoms with Crippen LogP contribution >= 0.6 is 0 Å². The van der Waals surface area contributed by atoms with Crippen LogP contribution in [0.2, 0.25) is 0 Å². The van der Waals surface area contributed by atoms with E-state index in [9.17, 15) is 22.9 Å². The van der Waals surface area contributed by atoms with E-state index in [0.717, 1.165) is 6.07 Å². The van der Waals surface area contributed by atoms with Crippen LogP contribution in [0.15, 0.2) is 18.2 Å². The smallest absolute Gasteiger partial charge is 0.272 e. The van der Waals surface area contributed by atoms with E-state index < -0.39 is 20.6 Å². The van der Waals surface area contributed by atoms with E-state index in [0.29, 0.717) is 6.42 Å². The highest BCUT2D eigenvalue weighted by atomic mass is 32.2. The van der Waals surface area contributed by atoms with E-state index in [-0.39, 0.29) is 28.9 Å². The maximum atomic E-state index is 13.5. The standard InChI is InChI=1S/C10H11FN2O4S/c11-9-5-8(13(14)15)1-2-10(9)12-7-3-4-18(16,17)6-7/h1-2,5,7,12H,3-4,6H2. The van der Waals surface area contributed by atoms with Crippen LogP contribution in [0.4, 0.5) is 15.8 Å². The molecule has 0 aromatic heterocycles. The molecule has 1 aromatic rings. The number of rotatable bonds is 3. The molecule has 18 heavy (non-hydrogen) atoms. The molecule has 0 radical (unpaired) electrons. The largest absolute Gasteiger partial charge is 0.379 e. The Morgan fingerprint density at radius 1 is 1.44 bits per heavy atom. The van der Waals surface area contributed by atoms with Crippen molar-refractivity contribution in [1.82, 2.24) is 0 Å². The van der Waals surface area contributed by atoms with E-state index in [1.807, 2.05) is 0 Å². The number of nitrogens with zero attached hydrogens (tertiary/aromatic N) is 1. The van der Waals surface area contributed by atoms with Gasteiger partial charge in [0.2, 0.25) is 0 Å².